The fourth-order valence-corrected chi connectivity index (χ4v) is 3.08. The molecule has 1 aliphatic rings. The van der Waals surface area contributed by atoms with E-state index in [0.717, 1.165) is 12.1 Å². The Morgan fingerprint density at radius 1 is 1.19 bits per heavy atom. The van der Waals surface area contributed by atoms with Crippen molar-refractivity contribution in [2.45, 2.75) is 19.3 Å². The van der Waals surface area contributed by atoms with Crippen molar-refractivity contribution in [1.29, 1.82) is 0 Å². The average Bonchev–Trinajstić information content (AvgIpc) is 3.09. The molecule has 27 heavy (non-hydrogen) atoms. The predicted octanol–water partition coefficient (Wildman–Crippen LogP) is 2.12. The van der Waals surface area contributed by atoms with Crippen molar-refractivity contribution in [2.75, 3.05) is 6.54 Å². The van der Waals surface area contributed by atoms with Gasteiger partial charge in [0.15, 0.2) is 5.65 Å². The minimum Gasteiger partial charge on any atom is -0.406 e. The standard InChI is InChI=1S/C17H13F3N4O3/c18-17(19,20)27-11-3-1-10(2-4-11)15(25)23-8-6-12-13(9-23)22-14-5-7-21-24(14)16(12)26/h1-5,7,21H,6,8-9H2. The largest absolute Gasteiger partial charge is 0.573 e. The topological polar surface area (TPSA) is 79.7 Å². The number of halogens is 3. The number of nitrogens with zero attached hydrogens (tertiary/aromatic N) is 3. The number of aromatic nitrogens is 3. The third-order valence-electron chi connectivity index (χ3n) is 4.32. The highest BCUT2D eigenvalue weighted by molar-refractivity contribution is 5.94. The normalized spacial score (nSPS) is 14.3. The van der Waals surface area contributed by atoms with Crippen molar-refractivity contribution in [2.24, 2.45) is 0 Å². The van der Waals surface area contributed by atoms with Crippen LogP contribution in [0.4, 0.5) is 13.2 Å². The number of hydrogen-bond acceptors (Lipinski definition) is 4. The first-order valence-corrected chi connectivity index (χ1v) is 8.05. The first kappa shape index (κ1) is 17.1. The SMILES string of the molecule is O=C(c1ccc(OC(F)(F)F)cc1)N1CCc2c(nc3cc[nH]n3c2=O)C1. The molecule has 0 atom stereocenters. The molecule has 0 fully saturated rings. The minimum atomic E-state index is -4.79. The molecule has 0 unspecified atom stereocenters. The Morgan fingerprint density at radius 3 is 2.63 bits per heavy atom. The van der Waals surface area contributed by atoms with Gasteiger partial charge in [-0.3, -0.25) is 14.7 Å². The van der Waals surface area contributed by atoms with E-state index in [1.54, 1.807) is 12.3 Å². The smallest absolute Gasteiger partial charge is 0.406 e. The fraction of sp³-hybridized carbons (Fsp3) is 0.235. The lowest BCUT2D eigenvalue weighted by atomic mass is 10.1. The summed E-state index contributed by atoms with van der Waals surface area (Å²) in [4.78, 5) is 31.0. The molecule has 7 nitrogen and oxygen atoms in total. The van der Waals surface area contributed by atoms with Gasteiger partial charge in [0.1, 0.15) is 5.75 Å². The number of ether oxygens (including phenoxy) is 1. The number of hydrogen-bond donors (Lipinski definition) is 1. The van der Waals surface area contributed by atoms with Gasteiger partial charge in [-0.25, -0.2) is 9.50 Å². The Labute approximate surface area is 150 Å². The first-order valence-electron chi connectivity index (χ1n) is 8.05. The summed E-state index contributed by atoms with van der Waals surface area (Å²) >= 11 is 0. The van der Waals surface area contributed by atoms with Crippen LogP contribution >= 0.6 is 0 Å². The number of nitrogens with one attached hydrogen (secondary N) is 1. The third-order valence-corrected chi connectivity index (χ3v) is 4.32. The molecule has 1 N–H and O–H groups in total. The Kier molecular flexibility index (Phi) is 3.90. The Bertz CT molecular complexity index is 1070. The van der Waals surface area contributed by atoms with Crippen molar-refractivity contribution in [3.05, 3.63) is 63.7 Å². The van der Waals surface area contributed by atoms with Gasteiger partial charge < -0.3 is 9.64 Å². The van der Waals surface area contributed by atoms with Gasteiger partial charge in [-0.05, 0) is 30.7 Å². The van der Waals surface area contributed by atoms with Crippen LogP contribution in [0.5, 0.6) is 5.75 Å². The molecule has 1 amide bonds. The van der Waals surface area contributed by atoms with E-state index in [0.29, 0.717) is 29.9 Å². The number of benzene rings is 1. The molecule has 0 spiro atoms. The number of fused-ring (bicyclic) bond motifs is 2. The van der Waals surface area contributed by atoms with Crippen LogP contribution in [0.15, 0.2) is 41.3 Å². The zero-order valence-electron chi connectivity index (χ0n) is 13.8. The van der Waals surface area contributed by atoms with Crippen molar-refractivity contribution >= 4 is 11.6 Å². The third kappa shape index (κ3) is 3.25. The van der Waals surface area contributed by atoms with Crippen LogP contribution < -0.4 is 10.3 Å². The van der Waals surface area contributed by atoms with Gasteiger partial charge in [0.25, 0.3) is 11.5 Å². The molecule has 10 heteroatoms. The van der Waals surface area contributed by atoms with E-state index in [-0.39, 0.29) is 23.6 Å². The maximum atomic E-state index is 12.7. The molecule has 0 bridgehead atoms. The van der Waals surface area contributed by atoms with Crippen molar-refractivity contribution < 1.29 is 22.7 Å². The van der Waals surface area contributed by atoms with Gasteiger partial charge >= 0.3 is 6.36 Å². The zero-order chi connectivity index (χ0) is 19.2. The van der Waals surface area contributed by atoms with Crippen LogP contribution in [-0.4, -0.2) is 38.3 Å². The second-order valence-electron chi connectivity index (χ2n) is 6.05. The number of alkyl halides is 3. The molecule has 4 rings (SSSR count). The van der Waals surface area contributed by atoms with Crippen LogP contribution in [0, 0.1) is 0 Å². The number of H-pyrrole nitrogens is 1. The van der Waals surface area contributed by atoms with Crippen molar-refractivity contribution in [1.82, 2.24) is 19.5 Å². The number of amides is 1. The maximum absolute atomic E-state index is 12.7. The van der Waals surface area contributed by atoms with Gasteiger partial charge in [-0.1, -0.05) is 0 Å². The average molecular weight is 378 g/mol. The van der Waals surface area contributed by atoms with Crippen LogP contribution in [0.2, 0.25) is 0 Å². The Morgan fingerprint density at radius 2 is 1.93 bits per heavy atom. The lowest BCUT2D eigenvalue weighted by Gasteiger charge is -2.27. The molecule has 1 aliphatic heterocycles. The lowest BCUT2D eigenvalue weighted by Crippen LogP contribution is -2.39. The predicted molar refractivity (Wildman–Crippen MR) is 87.4 cm³/mol. The monoisotopic (exact) mass is 378 g/mol. The van der Waals surface area contributed by atoms with E-state index in [1.165, 1.54) is 21.5 Å². The van der Waals surface area contributed by atoms with E-state index in [2.05, 4.69) is 14.8 Å². The Hall–Kier alpha value is -3.30. The van der Waals surface area contributed by atoms with Gasteiger partial charge in [0.05, 0.1) is 12.2 Å². The van der Waals surface area contributed by atoms with Gasteiger partial charge in [-0.2, -0.15) is 0 Å². The quantitative estimate of drug-likeness (QED) is 0.741. The zero-order valence-corrected chi connectivity index (χ0v) is 13.8. The van der Waals surface area contributed by atoms with E-state index in [4.69, 9.17) is 0 Å². The maximum Gasteiger partial charge on any atom is 0.573 e. The summed E-state index contributed by atoms with van der Waals surface area (Å²) in [7, 11) is 0. The summed E-state index contributed by atoms with van der Waals surface area (Å²) in [6, 6.07) is 6.38. The molecule has 0 aliphatic carbocycles. The molecule has 3 heterocycles. The second-order valence-corrected chi connectivity index (χ2v) is 6.05. The molecular formula is C17H13F3N4O3. The van der Waals surface area contributed by atoms with Crippen molar-refractivity contribution in [3.8, 4) is 5.75 Å². The van der Waals surface area contributed by atoms with E-state index >= 15 is 0 Å². The summed E-state index contributed by atoms with van der Waals surface area (Å²) in [6.07, 6.45) is -2.84. The van der Waals surface area contributed by atoms with Crippen LogP contribution in [0.25, 0.3) is 5.65 Å². The van der Waals surface area contributed by atoms with Gasteiger partial charge in [-0.15, -0.1) is 13.2 Å². The molecule has 3 aromatic rings. The molecule has 2 aromatic heterocycles. The summed E-state index contributed by atoms with van der Waals surface area (Å²) in [5.41, 5.74) is 1.57. The van der Waals surface area contributed by atoms with E-state index in [9.17, 15) is 22.8 Å². The molecule has 0 saturated carbocycles. The second kappa shape index (κ2) is 6.15. The van der Waals surface area contributed by atoms with Crippen LogP contribution in [0.1, 0.15) is 21.6 Å². The van der Waals surface area contributed by atoms with Crippen LogP contribution in [0.3, 0.4) is 0 Å². The highest BCUT2D eigenvalue weighted by Gasteiger charge is 2.31. The summed E-state index contributed by atoms with van der Waals surface area (Å²) in [5.74, 6) is -0.747. The van der Waals surface area contributed by atoms with Crippen LogP contribution in [-0.2, 0) is 13.0 Å². The number of carbonyl (C=O) groups excluding carboxylic acids is 1. The van der Waals surface area contributed by atoms with Crippen molar-refractivity contribution in [3.63, 3.8) is 0 Å². The first-order chi connectivity index (χ1) is 12.8. The fourth-order valence-electron chi connectivity index (χ4n) is 3.08. The van der Waals surface area contributed by atoms with Gasteiger partial charge in [0.2, 0.25) is 0 Å². The van der Waals surface area contributed by atoms with E-state index in [1.807, 2.05) is 0 Å². The minimum absolute atomic E-state index is 0.159. The van der Waals surface area contributed by atoms with E-state index < -0.39 is 12.1 Å². The summed E-state index contributed by atoms with van der Waals surface area (Å²) < 4.78 is 41.8. The summed E-state index contributed by atoms with van der Waals surface area (Å²) in [6.45, 7) is 0.474. The van der Waals surface area contributed by atoms with Gasteiger partial charge in [0, 0.05) is 29.9 Å². The molecule has 0 saturated heterocycles. The Balaban J connectivity index is 1.56. The number of aromatic amines is 1. The lowest BCUT2D eigenvalue weighted by molar-refractivity contribution is -0.274. The molecule has 1 aromatic carbocycles. The molecular weight excluding hydrogens is 365 g/mol. The number of rotatable bonds is 2. The molecule has 0 radical (unpaired) electrons. The number of carbonyl (C=O) groups is 1. The molecule has 140 valence electrons. The summed E-state index contributed by atoms with van der Waals surface area (Å²) in [5, 5.41) is 2.79. The highest BCUT2D eigenvalue weighted by atomic mass is 19.4. The highest BCUT2D eigenvalue weighted by Crippen LogP contribution is 2.24.